The number of hydrogen-bond acceptors (Lipinski definition) is 8. The van der Waals surface area contributed by atoms with Crippen LogP contribution in [0.2, 0.25) is 0 Å². The molecule has 202 valence electrons. The second kappa shape index (κ2) is 11.0. The Morgan fingerprint density at radius 3 is 2.82 bits per heavy atom. The second-order valence-corrected chi connectivity index (χ2v) is 9.53. The van der Waals surface area contributed by atoms with Crippen LogP contribution in [-0.2, 0) is 9.53 Å². The number of halogens is 1. The van der Waals surface area contributed by atoms with Crippen LogP contribution >= 0.6 is 0 Å². The maximum Gasteiger partial charge on any atom is 0.302 e. The number of esters is 1. The van der Waals surface area contributed by atoms with Crippen LogP contribution in [0.5, 0.6) is 5.75 Å². The molecule has 11 nitrogen and oxygen atoms in total. The summed E-state index contributed by atoms with van der Waals surface area (Å²) >= 11 is 0. The van der Waals surface area contributed by atoms with Crippen molar-refractivity contribution in [2.24, 2.45) is 0 Å². The lowest BCUT2D eigenvalue weighted by molar-refractivity contribution is -0.145. The van der Waals surface area contributed by atoms with Crippen molar-refractivity contribution in [1.82, 2.24) is 30.2 Å². The number of carbonyl (C=O) groups is 2. The number of ether oxygens (including phenoxy) is 2. The molecule has 0 aliphatic heterocycles. The van der Waals surface area contributed by atoms with E-state index >= 15 is 4.39 Å². The molecule has 1 aliphatic rings. The third kappa shape index (κ3) is 5.95. The summed E-state index contributed by atoms with van der Waals surface area (Å²) in [4.78, 5) is 29.1. The number of rotatable bonds is 10. The van der Waals surface area contributed by atoms with Gasteiger partial charge in [0.2, 0.25) is 5.82 Å². The highest BCUT2D eigenvalue weighted by Gasteiger charge is 2.26. The highest BCUT2D eigenvalue weighted by molar-refractivity contribution is 6.06. The maximum absolute atomic E-state index is 15.1. The Morgan fingerprint density at radius 1 is 1.28 bits per heavy atom. The molecule has 0 saturated heterocycles. The Labute approximate surface area is 223 Å². The zero-order valence-electron chi connectivity index (χ0n) is 21.8. The number of aromatic amines is 1. The highest BCUT2D eigenvalue weighted by Crippen LogP contribution is 2.39. The molecule has 2 N–H and O–H groups in total. The van der Waals surface area contributed by atoms with Gasteiger partial charge in [-0.05, 0) is 61.7 Å². The van der Waals surface area contributed by atoms with E-state index in [4.69, 9.17) is 9.47 Å². The third-order valence-electron chi connectivity index (χ3n) is 6.39. The van der Waals surface area contributed by atoms with E-state index in [0.29, 0.717) is 34.8 Å². The van der Waals surface area contributed by atoms with Crippen molar-refractivity contribution < 1.29 is 23.5 Å². The average molecular weight is 534 g/mol. The number of para-hydroxylation sites is 1. The third-order valence-corrected chi connectivity index (χ3v) is 6.39. The lowest BCUT2D eigenvalue weighted by atomic mass is 10.1. The van der Waals surface area contributed by atoms with Gasteiger partial charge in [0.15, 0.2) is 5.75 Å². The second-order valence-electron chi connectivity index (χ2n) is 9.53. The van der Waals surface area contributed by atoms with E-state index in [1.807, 2.05) is 10.8 Å². The minimum absolute atomic E-state index is 0.128. The fourth-order valence-electron chi connectivity index (χ4n) is 4.27. The summed E-state index contributed by atoms with van der Waals surface area (Å²) in [5.41, 5.74) is 2.97. The van der Waals surface area contributed by atoms with Gasteiger partial charge in [-0.15, -0.1) is 10.2 Å². The first kappa shape index (κ1) is 26.0. The number of anilines is 1. The van der Waals surface area contributed by atoms with Gasteiger partial charge in [0.1, 0.15) is 11.9 Å². The minimum Gasteiger partial charge on any atom is -0.490 e. The minimum atomic E-state index is -0.653. The standard InChI is InChI=1S/C27H28FN7O4/c1-15-11-21(28)20(12-24(15)35-13-23(29-14-35)18-7-8-18)27(37)30-22-6-4-5-19(26-31-33-34-32-26)25(22)38-10-9-16(2)39-17(3)36/h4-6,11-14,16,18H,7-10H2,1-3H3,(H,30,37)(H,31,32,33,34)/t16-/m0/s1. The van der Waals surface area contributed by atoms with Gasteiger partial charge in [-0.3, -0.25) is 9.59 Å². The fraction of sp³-hybridized carbons (Fsp3) is 0.333. The molecule has 5 rings (SSSR count). The smallest absolute Gasteiger partial charge is 0.302 e. The Bertz CT molecular complexity index is 1500. The zero-order chi connectivity index (χ0) is 27.5. The number of nitrogens with one attached hydrogen (secondary N) is 2. The summed E-state index contributed by atoms with van der Waals surface area (Å²) < 4.78 is 28.0. The van der Waals surface area contributed by atoms with Crippen LogP contribution in [0, 0.1) is 12.7 Å². The Hall–Kier alpha value is -4.61. The normalized spacial score (nSPS) is 13.6. The number of imidazole rings is 1. The molecule has 39 heavy (non-hydrogen) atoms. The molecule has 2 aromatic carbocycles. The molecular formula is C27H28FN7O4. The monoisotopic (exact) mass is 533 g/mol. The van der Waals surface area contributed by atoms with E-state index in [1.165, 1.54) is 19.1 Å². The summed E-state index contributed by atoms with van der Waals surface area (Å²) in [6.07, 6.45) is 5.87. The van der Waals surface area contributed by atoms with Gasteiger partial charge in [-0.2, -0.15) is 5.21 Å². The van der Waals surface area contributed by atoms with Crippen LogP contribution < -0.4 is 10.1 Å². The maximum atomic E-state index is 15.1. The molecule has 4 aromatic rings. The molecule has 2 heterocycles. The molecule has 0 spiro atoms. The SMILES string of the molecule is CC(=O)O[C@@H](C)CCOc1c(NC(=O)c2cc(-n3cnc(C4CC4)c3)c(C)cc2F)cccc1-c1nn[nH]n1. The molecule has 0 radical (unpaired) electrons. The van der Waals surface area contributed by atoms with Crippen LogP contribution in [0.4, 0.5) is 10.1 Å². The summed E-state index contributed by atoms with van der Waals surface area (Å²) in [7, 11) is 0. The molecule has 1 saturated carbocycles. The number of hydrogen-bond donors (Lipinski definition) is 2. The molecule has 2 aromatic heterocycles. The molecule has 0 unspecified atom stereocenters. The Morgan fingerprint density at radius 2 is 2.10 bits per heavy atom. The summed E-state index contributed by atoms with van der Waals surface area (Å²) in [5.74, 6) is -0.690. The van der Waals surface area contributed by atoms with E-state index in [9.17, 15) is 9.59 Å². The first-order chi connectivity index (χ1) is 18.8. The van der Waals surface area contributed by atoms with E-state index in [2.05, 4.69) is 30.9 Å². The predicted molar refractivity (Wildman–Crippen MR) is 139 cm³/mol. The van der Waals surface area contributed by atoms with Crippen LogP contribution in [0.3, 0.4) is 0 Å². The van der Waals surface area contributed by atoms with Crippen molar-refractivity contribution in [3.63, 3.8) is 0 Å². The van der Waals surface area contributed by atoms with E-state index in [0.717, 1.165) is 18.5 Å². The molecule has 0 bridgehead atoms. The van der Waals surface area contributed by atoms with Crippen molar-refractivity contribution in [3.8, 4) is 22.8 Å². The highest BCUT2D eigenvalue weighted by atomic mass is 19.1. The van der Waals surface area contributed by atoms with Crippen molar-refractivity contribution in [2.75, 3.05) is 11.9 Å². The van der Waals surface area contributed by atoms with E-state index in [-0.39, 0.29) is 35.8 Å². The van der Waals surface area contributed by atoms with Gasteiger partial charge < -0.3 is 19.4 Å². The van der Waals surface area contributed by atoms with Crippen molar-refractivity contribution >= 4 is 17.6 Å². The molecular weight excluding hydrogens is 505 g/mol. The molecule has 1 fully saturated rings. The number of tetrazole rings is 1. The summed E-state index contributed by atoms with van der Waals surface area (Å²) in [5, 5.41) is 16.8. The van der Waals surface area contributed by atoms with Gasteiger partial charge in [-0.25, -0.2) is 9.37 Å². The number of amides is 1. The Balaban J connectivity index is 1.42. The van der Waals surface area contributed by atoms with Crippen molar-refractivity contribution in [1.29, 1.82) is 0 Å². The number of aromatic nitrogens is 6. The number of benzene rings is 2. The molecule has 1 amide bonds. The summed E-state index contributed by atoms with van der Waals surface area (Å²) in [6.45, 7) is 5.04. The zero-order valence-corrected chi connectivity index (χ0v) is 21.8. The average Bonchev–Trinajstić information content (AvgIpc) is 3.37. The van der Waals surface area contributed by atoms with Crippen molar-refractivity contribution in [2.45, 2.75) is 52.1 Å². The van der Waals surface area contributed by atoms with Crippen LogP contribution in [0.1, 0.15) is 60.6 Å². The lowest BCUT2D eigenvalue weighted by Crippen LogP contribution is -2.18. The number of aryl methyl sites for hydroxylation is 1. The van der Waals surface area contributed by atoms with Gasteiger partial charge in [0, 0.05) is 25.5 Å². The van der Waals surface area contributed by atoms with Gasteiger partial charge in [0.25, 0.3) is 5.91 Å². The molecule has 1 aliphatic carbocycles. The Kier molecular flexibility index (Phi) is 7.35. The van der Waals surface area contributed by atoms with Gasteiger partial charge >= 0.3 is 5.97 Å². The predicted octanol–water partition coefficient (Wildman–Crippen LogP) is 4.35. The van der Waals surface area contributed by atoms with E-state index < -0.39 is 11.7 Å². The fourth-order valence-corrected chi connectivity index (χ4v) is 4.27. The lowest BCUT2D eigenvalue weighted by Gasteiger charge is -2.17. The van der Waals surface area contributed by atoms with Crippen LogP contribution in [0.25, 0.3) is 17.1 Å². The van der Waals surface area contributed by atoms with Gasteiger partial charge in [-0.1, -0.05) is 6.07 Å². The number of carbonyl (C=O) groups excluding carboxylic acids is 2. The van der Waals surface area contributed by atoms with E-state index in [1.54, 1.807) is 38.4 Å². The first-order valence-electron chi connectivity index (χ1n) is 12.6. The number of H-pyrrole nitrogens is 1. The number of nitrogens with zero attached hydrogens (tertiary/aromatic N) is 5. The largest absolute Gasteiger partial charge is 0.490 e. The molecule has 12 heteroatoms. The van der Waals surface area contributed by atoms with Crippen molar-refractivity contribution in [3.05, 3.63) is 65.5 Å². The van der Waals surface area contributed by atoms with Crippen LogP contribution in [0.15, 0.2) is 42.9 Å². The topological polar surface area (TPSA) is 137 Å². The molecule has 1 atom stereocenters. The quantitative estimate of drug-likeness (QED) is 0.287. The van der Waals surface area contributed by atoms with Crippen LogP contribution in [-0.4, -0.2) is 54.8 Å². The summed E-state index contributed by atoms with van der Waals surface area (Å²) in [6, 6.07) is 7.90. The van der Waals surface area contributed by atoms with Gasteiger partial charge in [0.05, 0.1) is 41.1 Å². The first-order valence-corrected chi connectivity index (χ1v) is 12.6.